The highest BCUT2D eigenvalue weighted by Gasteiger charge is 2.30. The van der Waals surface area contributed by atoms with Crippen LogP contribution >= 0.6 is 27.3 Å². The zero-order chi connectivity index (χ0) is 10.8. The van der Waals surface area contributed by atoms with Gasteiger partial charge in [0.25, 0.3) is 0 Å². The molecule has 2 heterocycles. The summed E-state index contributed by atoms with van der Waals surface area (Å²) in [5.74, 6) is -0.693. The Kier molecular flexibility index (Phi) is 3.43. The van der Waals surface area contributed by atoms with Crippen LogP contribution < -0.4 is 0 Å². The molecule has 0 saturated carbocycles. The van der Waals surface area contributed by atoms with Crippen molar-refractivity contribution < 1.29 is 9.90 Å². The van der Waals surface area contributed by atoms with E-state index in [1.54, 1.807) is 11.3 Å². The molecule has 5 heteroatoms. The SMILES string of the molecule is O=C(O)[C@@H]1CCCN1Cc1csc(Br)c1. The Morgan fingerprint density at radius 1 is 1.73 bits per heavy atom. The summed E-state index contributed by atoms with van der Waals surface area (Å²) >= 11 is 5.05. The summed E-state index contributed by atoms with van der Waals surface area (Å²) < 4.78 is 1.10. The first-order valence-electron chi connectivity index (χ1n) is 4.86. The molecule has 1 aliphatic heterocycles. The Morgan fingerprint density at radius 2 is 2.53 bits per heavy atom. The number of carbonyl (C=O) groups is 1. The molecule has 2 rings (SSSR count). The summed E-state index contributed by atoms with van der Waals surface area (Å²) in [6, 6.07) is 1.77. The molecule has 1 atom stereocenters. The van der Waals surface area contributed by atoms with E-state index in [0.717, 1.165) is 29.7 Å². The van der Waals surface area contributed by atoms with Gasteiger partial charge >= 0.3 is 5.97 Å². The molecule has 3 nitrogen and oxygen atoms in total. The molecule has 0 unspecified atom stereocenters. The van der Waals surface area contributed by atoms with E-state index in [-0.39, 0.29) is 6.04 Å². The zero-order valence-electron chi connectivity index (χ0n) is 8.15. The van der Waals surface area contributed by atoms with Gasteiger partial charge in [0, 0.05) is 6.54 Å². The number of aliphatic carboxylic acids is 1. The Bertz CT molecular complexity index is 366. The number of carboxylic acids is 1. The highest BCUT2D eigenvalue weighted by atomic mass is 79.9. The fourth-order valence-corrected chi connectivity index (χ4v) is 3.16. The molecule has 0 spiro atoms. The Balaban J connectivity index is 2.02. The van der Waals surface area contributed by atoms with Crippen LogP contribution in [0.4, 0.5) is 0 Å². The van der Waals surface area contributed by atoms with Crippen LogP contribution in [0.3, 0.4) is 0 Å². The summed E-state index contributed by atoms with van der Waals surface area (Å²) in [5, 5.41) is 11.1. The van der Waals surface area contributed by atoms with Crippen LogP contribution in [0.25, 0.3) is 0 Å². The van der Waals surface area contributed by atoms with Crippen LogP contribution in [-0.4, -0.2) is 28.6 Å². The van der Waals surface area contributed by atoms with Gasteiger partial charge in [-0.2, -0.15) is 0 Å². The van der Waals surface area contributed by atoms with Crippen LogP contribution in [-0.2, 0) is 11.3 Å². The van der Waals surface area contributed by atoms with Gasteiger partial charge in [-0.1, -0.05) is 0 Å². The van der Waals surface area contributed by atoms with E-state index in [2.05, 4.69) is 27.4 Å². The maximum Gasteiger partial charge on any atom is 0.320 e. The van der Waals surface area contributed by atoms with E-state index in [1.165, 1.54) is 5.56 Å². The second-order valence-corrected chi connectivity index (χ2v) is 6.02. The fraction of sp³-hybridized carbons (Fsp3) is 0.500. The van der Waals surface area contributed by atoms with Gasteiger partial charge in [-0.3, -0.25) is 9.69 Å². The van der Waals surface area contributed by atoms with E-state index < -0.39 is 5.97 Å². The third-order valence-corrected chi connectivity index (χ3v) is 4.21. The molecule has 0 aliphatic carbocycles. The van der Waals surface area contributed by atoms with Gasteiger partial charge in [0.15, 0.2) is 0 Å². The highest BCUT2D eigenvalue weighted by molar-refractivity contribution is 9.11. The molecule has 0 radical (unpaired) electrons. The number of nitrogens with zero attached hydrogens (tertiary/aromatic N) is 1. The van der Waals surface area contributed by atoms with Crippen molar-refractivity contribution in [2.75, 3.05) is 6.54 Å². The first-order valence-corrected chi connectivity index (χ1v) is 6.54. The maximum absolute atomic E-state index is 11.0. The molecule has 1 aliphatic rings. The van der Waals surface area contributed by atoms with Crippen LogP contribution in [0.2, 0.25) is 0 Å². The number of carboxylic acid groups (broad SMARTS) is 1. The van der Waals surface area contributed by atoms with E-state index in [9.17, 15) is 4.79 Å². The number of hydrogen-bond donors (Lipinski definition) is 1. The molecule has 1 aromatic heterocycles. The number of rotatable bonds is 3. The smallest absolute Gasteiger partial charge is 0.320 e. The van der Waals surface area contributed by atoms with E-state index >= 15 is 0 Å². The molecule has 82 valence electrons. The monoisotopic (exact) mass is 289 g/mol. The Hall–Kier alpha value is -0.390. The molecule has 1 saturated heterocycles. The van der Waals surface area contributed by atoms with E-state index in [1.807, 2.05) is 4.90 Å². The van der Waals surface area contributed by atoms with Gasteiger partial charge in [-0.25, -0.2) is 0 Å². The van der Waals surface area contributed by atoms with Gasteiger partial charge in [-0.05, 0) is 52.3 Å². The molecule has 15 heavy (non-hydrogen) atoms. The maximum atomic E-state index is 11.0. The van der Waals surface area contributed by atoms with Crippen molar-refractivity contribution in [3.05, 3.63) is 20.8 Å². The van der Waals surface area contributed by atoms with Crippen molar-refractivity contribution >= 4 is 33.2 Å². The quantitative estimate of drug-likeness (QED) is 0.930. The number of hydrogen-bond acceptors (Lipinski definition) is 3. The van der Waals surface area contributed by atoms with Gasteiger partial charge in [-0.15, -0.1) is 11.3 Å². The van der Waals surface area contributed by atoms with E-state index in [0.29, 0.717) is 0 Å². The first kappa shape index (κ1) is 11.1. The third-order valence-electron chi connectivity index (χ3n) is 2.66. The molecular formula is C10H12BrNO2S. The predicted octanol–water partition coefficient (Wildman–Crippen LogP) is 2.56. The Labute approximate surface area is 101 Å². The van der Waals surface area contributed by atoms with Gasteiger partial charge in [0.05, 0.1) is 3.79 Å². The van der Waals surface area contributed by atoms with Crippen LogP contribution in [0.15, 0.2) is 15.2 Å². The second kappa shape index (κ2) is 4.63. The minimum atomic E-state index is -0.693. The lowest BCUT2D eigenvalue weighted by Crippen LogP contribution is -2.35. The third kappa shape index (κ3) is 2.59. The lowest BCUT2D eigenvalue weighted by Gasteiger charge is -2.20. The zero-order valence-corrected chi connectivity index (χ0v) is 10.6. The van der Waals surface area contributed by atoms with Crippen LogP contribution in [0.5, 0.6) is 0 Å². The van der Waals surface area contributed by atoms with Crippen molar-refractivity contribution in [1.82, 2.24) is 4.90 Å². The average molecular weight is 290 g/mol. The van der Waals surface area contributed by atoms with Gasteiger partial charge in [0.2, 0.25) is 0 Å². The standard InChI is InChI=1S/C10H12BrNO2S/c11-9-4-7(6-15-9)5-12-3-1-2-8(12)10(13)14/h4,6,8H,1-3,5H2,(H,13,14)/t8-/m0/s1. The lowest BCUT2D eigenvalue weighted by atomic mass is 10.2. The van der Waals surface area contributed by atoms with Crippen LogP contribution in [0.1, 0.15) is 18.4 Å². The minimum Gasteiger partial charge on any atom is -0.480 e. The lowest BCUT2D eigenvalue weighted by molar-refractivity contribution is -0.142. The topological polar surface area (TPSA) is 40.5 Å². The number of halogens is 1. The summed E-state index contributed by atoms with van der Waals surface area (Å²) in [6.07, 6.45) is 1.77. The predicted molar refractivity (Wildman–Crippen MR) is 63.1 cm³/mol. The fourth-order valence-electron chi connectivity index (χ4n) is 1.96. The number of thiophene rings is 1. The van der Waals surface area contributed by atoms with Crippen molar-refractivity contribution in [2.45, 2.75) is 25.4 Å². The molecule has 0 aromatic carbocycles. The normalized spacial score (nSPS) is 22.1. The first-order chi connectivity index (χ1) is 7.16. The summed E-state index contributed by atoms with van der Waals surface area (Å²) in [5.41, 5.74) is 1.19. The Morgan fingerprint density at radius 3 is 3.13 bits per heavy atom. The average Bonchev–Trinajstić information content (AvgIpc) is 2.75. The van der Waals surface area contributed by atoms with E-state index in [4.69, 9.17) is 5.11 Å². The van der Waals surface area contributed by atoms with Crippen molar-refractivity contribution in [3.8, 4) is 0 Å². The second-order valence-electron chi connectivity index (χ2n) is 3.73. The van der Waals surface area contributed by atoms with Crippen LogP contribution in [0, 0.1) is 0 Å². The summed E-state index contributed by atoms with van der Waals surface area (Å²) in [4.78, 5) is 13.0. The van der Waals surface area contributed by atoms with Crippen molar-refractivity contribution in [3.63, 3.8) is 0 Å². The number of likely N-dealkylation sites (tertiary alicyclic amines) is 1. The molecule has 1 N–H and O–H groups in total. The minimum absolute atomic E-state index is 0.288. The highest BCUT2D eigenvalue weighted by Crippen LogP contribution is 2.25. The van der Waals surface area contributed by atoms with Gasteiger partial charge in [0.1, 0.15) is 6.04 Å². The largest absolute Gasteiger partial charge is 0.480 e. The summed E-state index contributed by atoms with van der Waals surface area (Å²) in [7, 11) is 0. The molecule has 1 aromatic rings. The molecule has 1 fully saturated rings. The van der Waals surface area contributed by atoms with Crippen molar-refractivity contribution in [2.24, 2.45) is 0 Å². The summed E-state index contributed by atoms with van der Waals surface area (Å²) in [6.45, 7) is 1.64. The van der Waals surface area contributed by atoms with Gasteiger partial charge < -0.3 is 5.11 Å². The van der Waals surface area contributed by atoms with Crippen molar-refractivity contribution in [1.29, 1.82) is 0 Å². The molecular weight excluding hydrogens is 278 g/mol. The molecule has 0 amide bonds. The molecule has 0 bridgehead atoms.